The zero-order valence-corrected chi connectivity index (χ0v) is 13.7. The van der Waals surface area contributed by atoms with Gasteiger partial charge in [-0.05, 0) is 24.6 Å². The van der Waals surface area contributed by atoms with Gasteiger partial charge in [-0.3, -0.25) is 0 Å². The Labute approximate surface area is 133 Å². The molecule has 1 aliphatic heterocycles. The molecule has 0 spiro atoms. The number of hydrogen-bond donors (Lipinski definition) is 2. The van der Waals surface area contributed by atoms with Crippen LogP contribution in [0, 0.1) is 5.92 Å². The van der Waals surface area contributed by atoms with Crippen molar-refractivity contribution in [2.75, 3.05) is 51.1 Å². The van der Waals surface area contributed by atoms with E-state index in [0.29, 0.717) is 12.5 Å². The van der Waals surface area contributed by atoms with E-state index in [4.69, 9.17) is 0 Å². The average molecular weight is 304 g/mol. The number of para-hydroxylation sites is 1. The Morgan fingerprint density at radius 1 is 1.14 bits per heavy atom. The lowest BCUT2D eigenvalue weighted by Crippen LogP contribution is -2.48. The van der Waals surface area contributed by atoms with Gasteiger partial charge < -0.3 is 20.4 Å². The van der Waals surface area contributed by atoms with Crippen molar-refractivity contribution in [1.29, 1.82) is 0 Å². The molecule has 2 rings (SSSR count). The first-order chi connectivity index (χ1) is 10.7. The summed E-state index contributed by atoms with van der Waals surface area (Å²) in [5.41, 5.74) is 0.823. The molecule has 22 heavy (non-hydrogen) atoms. The monoisotopic (exact) mass is 304 g/mol. The van der Waals surface area contributed by atoms with Gasteiger partial charge in [0.05, 0.1) is 0 Å². The Morgan fingerprint density at radius 2 is 1.77 bits per heavy atom. The number of carbonyl (C=O) groups excluding carboxylic acids is 1. The van der Waals surface area contributed by atoms with Crippen molar-refractivity contribution in [1.82, 2.24) is 15.1 Å². The van der Waals surface area contributed by atoms with Gasteiger partial charge in [0, 0.05) is 45.0 Å². The minimum atomic E-state index is -0.131. The maximum atomic E-state index is 11.8. The highest BCUT2D eigenvalue weighted by Gasteiger charge is 2.17. The van der Waals surface area contributed by atoms with E-state index in [2.05, 4.69) is 34.3 Å². The van der Waals surface area contributed by atoms with Crippen LogP contribution in [-0.4, -0.2) is 61.6 Å². The van der Waals surface area contributed by atoms with Gasteiger partial charge in [0.2, 0.25) is 0 Å². The van der Waals surface area contributed by atoms with Gasteiger partial charge >= 0.3 is 6.03 Å². The van der Waals surface area contributed by atoms with Crippen molar-refractivity contribution in [3.63, 3.8) is 0 Å². The molecular formula is C17H28N4O. The first kappa shape index (κ1) is 16.8. The summed E-state index contributed by atoms with van der Waals surface area (Å²) >= 11 is 0. The van der Waals surface area contributed by atoms with E-state index < -0.39 is 0 Å². The number of likely N-dealkylation sites (N-methyl/N-ethyl adjacent to an activating group) is 1. The van der Waals surface area contributed by atoms with Crippen LogP contribution in [0.1, 0.15) is 13.8 Å². The molecule has 1 atom stereocenters. The second kappa shape index (κ2) is 8.76. The van der Waals surface area contributed by atoms with Crippen molar-refractivity contribution in [2.24, 2.45) is 5.92 Å². The zero-order valence-electron chi connectivity index (χ0n) is 13.7. The maximum absolute atomic E-state index is 11.8. The topological polar surface area (TPSA) is 47.6 Å². The summed E-state index contributed by atoms with van der Waals surface area (Å²) in [6.07, 6.45) is 0. The number of nitrogens with zero attached hydrogens (tertiary/aromatic N) is 2. The van der Waals surface area contributed by atoms with Gasteiger partial charge in [-0.25, -0.2) is 4.79 Å². The summed E-state index contributed by atoms with van der Waals surface area (Å²) in [5, 5.41) is 5.80. The quantitative estimate of drug-likeness (QED) is 0.846. The number of urea groups is 1. The van der Waals surface area contributed by atoms with Crippen LogP contribution in [-0.2, 0) is 0 Å². The van der Waals surface area contributed by atoms with Gasteiger partial charge in [0.25, 0.3) is 0 Å². The fourth-order valence-corrected chi connectivity index (χ4v) is 2.76. The van der Waals surface area contributed by atoms with E-state index in [1.165, 1.54) is 0 Å². The number of amides is 2. The standard InChI is InChI=1S/C17H28N4O/c1-3-20-9-11-21(12-10-20)14-15(2)13-18-17(22)19-16-7-5-4-6-8-16/h4-8,15H,3,9-14H2,1-2H3,(H2,18,19,22). The molecule has 2 N–H and O–H groups in total. The van der Waals surface area contributed by atoms with Crippen LogP contribution in [0.3, 0.4) is 0 Å². The minimum absolute atomic E-state index is 0.131. The summed E-state index contributed by atoms with van der Waals surface area (Å²) in [7, 11) is 0. The van der Waals surface area contributed by atoms with E-state index in [0.717, 1.165) is 45.0 Å². The second-order valence-electron chi connectivity index (χ2n) is 6.04. The molecule has 1 fully saturated rings. The van der Waals surface area contributed by atoms with E-state index in [1.807, 2.05) is 30.3 Å². The average Bonchev–Trinajstić information content (AvgIpc) is 2.55. The van der Waals surface area contributed by atoms with Crippen LogP contribution in [0.25, 0.3) is 0 Å². The molecule has 5 heteroatoms. The van der Waals surface area contributed by atoms with E-state index in [-0.39, 0.29) is 6.03 Å². The molecule has 122 valence electrons. The molecule has 1 unspecified atom stereocenters. The van der Waals surface area contributed by atoms with Gasteiger partial charge in [-0.1, -0.05) is 32.0 Å². The second-order valence-corrected chi connectivity index (χ2v) is 6.04. The summed E-state index contributed by atoms with van der Waals surface area (Å²) in [6.45, 7) is 11.9. The third-order valence-electron chi connectivity index (χ3n) is 4.12. The third-order valence-corrected chi connectivity index (χ3v) is 4.12. The van der Waals surface area contributed by atoms with E-state index >= 15 is 0 Å². The number of piperazine rings is 1. The fourth-order valence-electron chi connectivity index (χ4n) is 2.76. The highest BCUT2D eigenvalue weighted by atomic mass is 16.2. The molecule has 1 aromatic carbocycles. The highest BCUT2D eigenvalue weighted by Crippen LogP contribution is 2.06. The molecule has 0 bridgehead atoms. The van der Waals surface area contributed by atoms with Crippen molar-refractivity contribution in [2.45, 2.75) is 13.8 Å². The van der Waals surface area contributed by atoms with Crippen molar-refractivity contribution >= 4 is 11.7 Å². The maximum Gasteiger partial charge on any atom is 0.319 e. The molecule has 1 aromatic rings. The molecule has 1 heterocycles. The van der Waals surface area contributed by atoms with Gasteiger partial charge in [-0.15, -0.1) is 0 Å². The molecule has 5 nitrogen and oxygen atoms in total. The molecular weight excluding hydrogens is 276 g/mol. The van der Waals surface area contributed by atoms with Gasteiger partial charge in [0.1, 0.15) is 0 Å². The highest BCUT2D eigenvalue weighted by molar-refractivity contribution is 5.89. The first-order valence-electron chi connectivity index (χ1n) is 8.22. The number of benzene rings is 1. The Balaban J connectivity index is 1.63. The largest absolute Gasteiger partial charge is 0.338 e. The smallest absolute Gasteiger partial charge is 0.319 e. The number of rotatable bonds is 6. The predicted molar refractivity (Wildman–Crippen MR) is 91.2 cm³/mol. The van der Waals surface area contributed by atoms with Crippen LogP contribution < -0.4 is 10.6 Å². The lowest BCUT2D eigenvalue weighted by atomic mass is 10.1. The van der Waals surface area contributed by atoms with Crippen molar-refractivity contribution in [3.05, 3.63) is 30.3 Å². The molecule has 0 aliphatic carbocycles. The molecule has 1 aliphatic rings. The molecule has 0 saturated carbocycles. The normalized spacial score (nSPS) is 17.9. The van der Waals surface area contributed by atoms with Gasteiger partial charge in [-0.2, -0.15) is 0 Å². The summed E-state index contributed by atoms with van der Waals surface area (Å²) in [4.78, 5) is 16.8. The summed E-state index contributed by atoms with van der Waals surface area (Å²) < 4.78 is 0. The number of carbonyl (C=O) groups is 1. The van der Waals surface area contributed by atoms with Gasteiger partial charge in [0.15, 0.2) is 0 Å². The van der Waals surface area contributed by atoms with Crippen LogP contribution in [0.5, 0.6) is 0 Å². The third kappa shape index (κ3) is 5.66. The molecule has 1 saturated heterocycles. The number of anilines is 1. The Kier molecular flexibility index (Phi) is 6.68. The van der Waals surface area contributed by atoms with Crippen LogP contribution >= 0.6 is 0 Å². The van der Waals surface area contributed by atoms with Crippen LogP contribution in [0.2, 0.25) is 0 Å². The predicted octanol–water partition coefficient (Wildman–Crippen LogP) is 2.08. The SMILES string of the molecule is CCN1CCN(CC(C)CNC(=O)Nc2ccccc2)CC1. The Hall–Kier alpha value is -1.59. The minimum Gasteiger partial charge on any atom is -0.338 e. The van der Waals surface area contributed by atoms with Crippen molar-refractivity contribution in [3.8, 4) is 0 Å². The van der Waals surface area contributed by atoms with Crippen LogP contribution in [0.4, 0.5) is 10.5 Å². The van der Waals surface area contributed by atoms with Crippen LogP contribution in [0.15, 0.2) is 30.3 Å². The lowest BCUT2D eigenvalue weighted by molar-refractivity contribution is 0.124. The van der Waals surface area contributed by atoms with E-state index in [9.17, 15) is 4.79 Å². The first-order valence-corrected chi connectivity index (χ1v) is 8.22. The number of hydrogen-bond acceptors (Lipinski definition) is 3. The van der Waals surface area contributed by atoms with E-state index in [1.54, 1.807) is 0 Å². The zero-order chi connectivity index (χ0) is 15.8. The summed E-state index contributed by atoms with van der Waals surface area (Å²) in [6, 6.07) is 9.40. The number of nitrogens with one attached hydrogen (secondary N) is 2. The fraction of sp³-hybridized carbons (Fsp3) is 0.588. The molecule has 2 amide bonds. The lowest BCUT2D eigenvalue weighted by Gasteiger charge is -2.35. The Bertz CT molecular complexity index is 443. The Morgan fingerprint density at radius 3 is 2.41 bits per heavy atom. The summed E-state index contributed by atoms with van der Waals surface area (Å²) in [5.74, 6) is 0.453. The van der Waals surface area contributed by atoms with Crippen molar-refractivity contribution < 1.29 is 4.79 Å². The molecule has 0 radical (unpaired) electrons. The molecule has 0 aromatic heterocycles.